The summed E-state index contributed by atoms with van der Waals surface area (Å²) in [4.78, 5) is 27.9. The van der Waals surface area contributed by atoms with E-state index in [9.17, 15) is 23.1 Å². The largest absolute Gasteiger partial charge is 0.497 e. The first-order valence-corrected chi connectivity index (χ1v) is 15.6. The number of benzene rings is 3. The number of nitrogens with zero attached hydrogens (tertiary/aromatic N) is 2. The number of ether oxygens (including phenoxy) is 2. The first-order valence-electron chi connectivity index (χ1n) is 14.2. The number of anilines is 1. The minimum Gasteiger partial charge on any atom is -0.497 e. The van der Waals surface area contributed by atoms with Gasteiger partial charge >= 0.3 is 0 Å². The highest BCUT2D eigenvalue weighted by molar-refractivity contribution is 7.89. The molecule has 0 bridgehead atoms. The normalized spacial score (nSPS) is 18.1. The molecule has 4 rings (SSSR count). The fourth-order valence-corrected chi connectivity index (χ4v) is 6.17. The number of rotatable bonds is 10. The van der Waals surface area contributed by atoms with Gasteiger partial charge in [-0.3, -0.25) is 9.59 Å². The van der Waals surface area contributed by atoms with E-state index in [1.165, 1.54) is 30.6 Å². The minimum absolute atomic E-state index is 0.0124. The van der Waals surface area contributed by atoms with Gasteiger partial charge in [0.15, 0.2) is 0 Å². The van der Waals surface area contributed by atoms with Crippen LogP contribution in [0.3, 0.4) is 0 Å². The minimum atomic E-state index is -3.86. The van der Waals surface area contributed by atoms with Crippen molar-refractivity contribution in [2.24, 2.45) is 5.92 Å². The predicted molar refractivity (Wildman–Crippen MR) is 164 cm³/mol. The van der Waals surface area contributed by atoms with E-state index in [4.69, 9.17) is 9.47 Å². The maximum atomic E-state index is 13.5. The summed E-state index contributed by atoms with van der Waals surface area (Å²) in [6.45, 7) is 3.71. The first-order chi connectivity index (χ1) is 20.5. The van der Waals surface area contributed by atoms with Crippen molar-refractivity contribution in [1.29, 1.82) is 0 Å². The lowest BCUT2D eigenvalue weighted by Crippen LogP contribution is -2.48. The lowest BCUT2D eigenvalue weighted by molar-refractivity contribution is -0.134. The van der Waals surface area contributed by atoms with Crippen molar-refractivity contribution in [3.05, 3.63) is 83.9 Å². The van der Waals surface area contributed by atoms with Gasteiger partial charge in [-0.25, -0.2) is 8.42 Å². The molecule has 0 aromatic heterocycles. The fraction of sp³-hybridized carbons (Fsp3) is 0.375. The maximum absolute atomic E-state index is 13.5. The number of sulfonamides is 1. The van der Waals surface area contributed by atoms with E-state index >= 15 is 0 Å². The van der Waals surface area contributed by atoms with Crippen LogP contribution in [0, 0.1) is 5.92 Å². The van der Waals surface area contributed by atoms with Crippen LogP contribution in [0.1, 0.15) is 25.0 Å². The van der Waals surface area contributed by atoms with E-state index < -0.39 is 22.2 Å². The molecule has 0 unspecified atom stereocenters. The molecule has 1 heterocycles. The summed E-state index contributed by atoms with van der Waals surface area (Å²) in [5, 5.41) is 12.8. The number of carbonyl (C=O) groups excluding carboxylic acids is 2. The lowest BCUT2D eigenvalue weighted by Gasteiger charge is -2.33. The molecule has 230 valence electrons. The second kappa shape index (κ2) is 14.0. The molecule has 0 fully saturated rings. The van der Waals surface area contributed by atoms with Crippen molar-refractivity contribution in [3.8, 4) is 11.5 Å². The van der Waals surface area contributed by atoms with Gasteiger partial charge < -0.3 is 24.8 Å². The Morgan fingerprint density at radius 2 is 1.84 bits per heavy atom. The van der Waals surface area contributed by atoms with Crippen molar-refractivity contribution in [2.75, 3.05) is 39.2 Å². The zero-order valence-electron chi connectivity index (χ0n) is 24.9. The van der Waals surface area contributed by atoms with Crippen LogP contribution in [0.2, 0.25) is 0 Å². The highest BCUT2D eigenvalue weighted by atomic mass is 32.2. The van der Waals surface area contributed by atoms with Crippen LogP contribution in [0.5, 0.6) is 11.5 Å². The van der Waals surface area contributed by atoms with Crippen molar-refractivity contribution >= 4 is 27.5 Å². The molecule has 43 heavy (non-hydrogen) atoms. The average molecular weight is 610 g/mol. The number of hydrogen-bond donors (Lipinski definition) is 2. The van der Waals surface area contributed by atoms with Gasteiger partial charge in [0.2, 0.25) is 21.8 Å². The Morgan fingerprint density at radius 3 is 2.49 bits per heavy atom. The predicted octanol–water partition coefficient (Wildman–Crippen LogP) is 3.35. The first kappa shape index (κ1) is 32.0. The van der Waals surface area contributed by atoms with E-state index in [0.717, 1.165) is 5.56 Å². The standard InChI is InChI=1S/C32H39N3O7S/c1-22-19-35(23(2)21-36)32(38)18-25-17-26(33-31(37)16-24-8-6-5-7-9-24)10-15-29(25)42-30(22)20-34(3)43(39,40)28-13-11-27(41-4)12-14-28/h5-15,17,22-23,30,36H,16,18-21H2,1-4H3,(H,33,37)/t22-,23-,30+/m1/s1. The molecule has 10 nitrogen and oxygen atoms in total. The monoisotopic (exact) mass is 609 g/mol. The number of aliphatic hydroxyl groups is 1. The Morgan fingerprint density at radius 1 is 1.14 bits per heavy atom. The van der Waals surface area contributed by atoms with Gasteiger partial charge in [0.1, 0.15) is 17.6 Å². The molecule has 1 aliphatic rings. The Hall–Kier alpha value is -3.93. The number of hydrogen-bond acceptors (Lipinski definition) is 7. The number of aliphatic hydroxyl groups excluding tert-OH is 1. The van der Waals surface area contributed by atoms with Crippen molar-refractivity contribution in [2.45, 2.75) is 43.7 Å². The number of likely N-dealkylation sites (N-methyl/N-ethyl adjacent to an activating group) is 1. The SMILES string of the molecule is COc1ccc(S(=O)(=O)N(C)C[C@@H]2Oc3ccc(NC(=O)Cc4ccccc4)cc3CC(=O)N([C@H](C)CO)C[C@H]2C)cc1. The summed E-state index contributed by atoms with van der Waals surface area (Å²) in [5.74, 6) is 0.284. The molecule has 3 aromatic rings. The van der Waals surface area contributed by atoms with Gasteiger partial charge in [0, 0.05) is 30.8 Å². The summed E-state index contributed by atoms with van der Waals surface area (Å²) >= 11 is 0. The van der Waals surface area contributed by atoms with E-state index in [1.807, 2.05) is 37.3 Å². The van der Waals surface area contributed by atoms with Gasteiger partial charge in [0.05, 0.1) is 44.0 Å². The Balaban J connectivity index is 1.61. The van der Waals surface area contributed by atoms with Crippen molar-refractivity contribution in [3.63, 3.8) is 0 Å². The Labute approximate surface area is 253 Å². The number of carbonyl (C=O) groups is 2. The van der Waals surface area contributed by atoms with Crippen molar-refractivity contribution in [1.82, 2.24) is 9.21 Å². The summed E-state index contributed by atoms with van der Waals surface area (Å²) in [5.41, 5.74) is 1.94. The summed E-state index contributed by atoms with van der Waals surface area (Å²) in [6.07, 6.45) is -0.444. The highest BCUT2D eigenvalue weighted by Gasteiger charge is 2.33. The van der Waals surface area contributed by atoms with Gasteiger partial charge in [-0.15, -0.1) is 0 Å². The van der Waals surface area contributed by atoms with Gasteiger partial charge in [-0.1, -0.05) is 37.3 Å². The molecule has 0 aliphatic carbocycles. The topological polar surface area (TPSA) is 125 Å². The van der Waals surface area contributed by atoms with Crippen LogP contribution in [0.15, 0.2) is 77.7 Å². The Bertz CT molecular complexity index is 1510. The van der Waals surface area contributed by atoms with Crippen LogP contribution in [0.25, 0.3) is 0 Å². The highest BCUT2D eigenvalue weighted by Crippen LogP contribution is 2.30. The molecule has 2 N–H and O–H groups in total. The molecule has 3 atom stereocenters. The molecule has 0 saturated heterocycles. The molecular weight excluding hydrogens is 570 g/mol. The van der Waals surface area contributed by atoms with Crippen LogP contribution >= 0.6 is 0 Å². The summed E-state index contributed by atoms with van der Waals surface area (Å²) < 4.78 is 39.7. The maximum Gasteiger partial charge on any atom is 0.242 e. The second-order valence-electron chi connectivity index (χ2n) is 10.9. The molecule has 0 spiro atoms. The number of nitrogens with one attached hydrogen (secondary N) is 1. The lowest BCUT2D eigenvalue weighted by atomic mass is 10.0. The average Bonchev–Trinajstić information content (AvgIpc) is 3.04. The fourth-order valence-electron chi connectivity index (χ4n) is 4.99. The third kappa shape index (κ3) is 7.92. The number of fused-ring (bicyclic) bond motifs is 1. The van der Waals surface area contributed by atoms with Crippen LogP contribution < -0.4 is 14.8 Å². The third-order valence-corrected chi connectivity index (χ3v) is 9.45. The number of methoxy groups -OCH3 is 1. The van der Waals surface area contributed by atoms with Crippen molar-refractivity contribution < 1.29 is 32.6 Å². The van der Waals surface area contributed by atoms with Gasteiger partial charge in [-0.2, -0.15) is 4.31 Å². The summed E-state index contributed by atoms with van der Waals surface area (Å²) in [6, 6.07) is 20.2. The van der Waals surface area contributed by atoms with Gasteiger partial charge in [0.25, 0.3) is 0 Å². The Kier molecular flexibility index (Phi) is 10.4. The van der Waals surface area contributed by atoms with Gasteiger partial charge in [-0.05, 0) is 55.0 Å². The van der Waals surface area contributed by atoms with E-state index in [2.05, 4.69) is 5.32 Å². The molecular formula is C32H39N3O7S. The molecule has 3 aromatic carbocycles. The molecule has 1 aliphatic heterocycles. The molecule has 2 amide bonds. The van der Waals surface area contributed by atoms with Crippen LogP contribution in [-0.2, 0) is 32.5 Å². The zero-order chi connectivity index (χ0) is 31.1. The smallest absolute Gasteiger partial charge is 0.242 e. The van der Waals surface area contributed by atoms with Crippen LogP contribution in [-0.4, -0.2) is 80.5 Å². The molecule has 11 heteroatoms. The molecule has 0 saturated carbocycles. The van der Waals surface area contributed by atoms with Crippen LogP contribution in [0.4, 0.5) is 5.69 Å². The third-order valence-electron chi connectivity index (χ3n) is 7.61. The number of amides is 2. The zero-order valence-corrected chi connectivity index (χ0v) is 25.7. The van der Waals surface area contributed by atoms with E-state index in [0.29, 0.717) is 22.7 Å². The summed E-state index contributed by atoms with van der Waals surface area (Å²) in [7, 11) is -0.851. The van der Waals surface area contributed by atoms with E-state index in [-0.39, 0.29) is 55.2 Å². The quantitative estimate of drug-likeness (QED) is 0.361. The van der Waals surface area contributed by atoms with E-state index in [1.54, 1.807) is 42.2 Å². The second-order valence-corrected chi connectivity index (χ2v) is 12.9. The molecule has 0 radical (unpaired) electrons.